The van der Waals surface area contributed by atoms with Gasteiger partial charge >= 0.3 is 0 Å². The first-order valence-corrected chi connectivity index (χ1v) is 10.9. The number of benzene rings is 1. The predicted molar refractivity (Wildman–Crippen MR) is 132 cm³/mol. The Labute approximate surface area is 201 Å². The van der Waals surface area contributed by atoms with Crippen molar-refractivity contribution in [1.29, 1.82) is 0 Å². The summed E-state index contributed by atoms with van der Waals surface area (Å²) < 4.78 is 0. The van der Waals surface area contributed by atoms with E-state index in [1.165, 1.54) is 0 Å². The Bertz CT molecular complexity index is 1290. The number of hydrogen-bond acceptors (Lipinski definition) is 7. The lowest BCUT2D eigenvalue weighted by Crippen LogP contribution is -2.40. The van der Waals surface area contributed by atoms with Gasteiger partial charge in [-0.3, -0.25) is 25.0 Å². The van der Waals surface area contributed by atoms with Crippen molar-refractivity contribution in [3.05, 3.63) is 95.6 Å². The number of carbonyl (C=O) groups excluding carboxylic acids is 3. The minimum Gasteiger partial charge on any atom is -0.290 e. The Morgan fingerprint density at radius 3 is 2.29 bits per heavy atom. The first kappa shape index (κ1) is 23.5. The molecular formula is C25H23N7O3. The number of anilines is 3. The SMILES string of the molecule is NN(C(=O)C1=CC=CCC=C1)c1nc(NC(=O)C2=CC=CCC2)nc(NC(=O)c2ccccc2)n1. The molecule has 3 amide bonds. The fourth-order valence-corrected chi connectivity index (χ4v) is 3.27. The molecule has 176 valence electrons. The highest BCUT2D eigenvalue weighted by molar-refractivity contribution is 6.07. The van der Waals surface area contributed by atoms with Gasteiger partial charge in [0.2, 0.25) is 11.9 Å². The van der Waals surface area contributed by atoms with Gasteiger partial charge in [0.05, 0.1) is 0 Å². The quantitative estimate of drug-likeness (QED) is 0.335. The second-order valence-corrected chi connectivity index (χ2v) is 7.58. The fraction of sp³-hybridized carbons (Fsp3) is 0.120. The third-order valence-corrected chi connectivity index (χ3v) is 5.08. The summed E-state index contributed by atoms with van der Waals surface area (Å²) in [6, 6.07) is 8.47. The van der Waals surface area contributed by atoms with E-state index < -0.39 is 17.7 Å². The maximum Gasteiger partial charge on any atom is 0.275 e. The van der Waals surface area contributed by atoms with Crippen LogP contribution in [0.25, 0.3) is 0 Å². The first-order valence-electron chi connectivity index (χ1n) is 10.9. The second-order valence-electron chi connectivity index (χ2n) is 7.58. The number of hydrazine groups is 1. The summed E-state index contributed by atoms with van der Waals surface area (Å²) in [5.41, 5.74) is 1.24. The van der Waals surface area contributed by atoms with Crippen molar-refractivity contribution in [3.63, 3.8) is 0 Å². The molecule has 0 aliphatic heterocycles. The van der Waals surface area contributed by atoms with E-state index in [2.05, 4.69) is 25.6 Å². The lowest BCUT2D eigenvalue weighted by atomic mass is 10.0. The maximum atomic E-state index is 12.9. The van der Waals surface area contributed by atoms with Crippen LogP contribution in [0, 0.1) is 0 Å². The van der Waals surface area contributed by atoms with Crippen molar-refractivity contribution in [2.75, 3.05) is 15.6 Å². The van der Waals surface area contributed by atoms with Gasteiger partial charge in [0.1, 0.15) is 0 Å². The predicted octanol–water partition coefficient (Wildman–Crippen LogP) is 2.99. The average Bonchev–Trinajstić information content (AvgIpc) is 3.18. The molecular weight excluding hydrogens is 446 g/mol. The molecule has 0 bridgehead atoms. The van der Waals surface area contributed by atoms with E-state index in [-0.39, 0.29) is 17.8 Å². The van der Waals surface area contributed by atoms with Gasteiger partial charge in [-0.05, 0) is 37.5 Å². The third-order valence-electron chi connectivity index (χ3n) is 5.08. The number of nitrogens with two attached hydrogens (primary N) is 1. The Morgan fingerprint density at radius 2 is 1.57 bits per heavy atom. The maximum absolute atomic E-state index is 12.9. The van der Waals surface area contributed by atoms with Gasteiger partial charge in [-0.25, -0.2) is 10.9 Å². The van der Waals surface area contributed by atoms with Crippen LogP contribution in [0.4, 0.5) is 17.8 Å². The topological polar surface area (TPSA) is 143 Å². The van der Waals surface area contributed by atoms with E-state index in [1.807, 2.05) is 18.2 Å². The Kier molecular flexibility index (Phi) is 7.34. The fourth-order valence-electron chi connectivity index (χ4n) is 3.27. The van der Waals surface area contributed by atoms with Gasteiger partial charge in [0.15, 0.2) is 0 Å². The molecule has 1 heterocycles. The molecule has 1 aromatic heterocycles. The zero-order chi connectivity index (χ0) is 24.6. The van der Waals surface area contributed by atoms with Gasteiger partial charge in [0.25, 0.3) is 23.7 Å². The monoisotopic (exact) mass is 469 g/mol. The minimum absolute atomic E-state index is 0.160. The molecule has 35 heavy (non-hydrogen) atoms. The normalized spacial score (nSPS) is 14.4. The van der Waals surface area contributed by atoms with Gasteiger partial charge in [-0.2, -0.15) is 15.0 Å². The van der Waals surface area contributed by atoms with Gasteiger partial charge in [-0.15, -0.1) is 0 Å². The largest absolute Gasteiger partial charge is 0.290 e. The van der Waals surface area contributed by atoms with Crippen molar-refractivity contribution in [2.45, 2.75) is 19.3 Å². The molecule has 0 unspecified atom stereocenters. The van der Waals surface area contributed by atoms with Gasteiger partial charge in [0, 0.05) is 16.7 Å². The van der Waals surface area contributed by atoms with Crippen LogP contribution < -0.4 is 21.5 Å². The molecule has 2 aliphatic rings. The number of hydrogen-bond donors (Lipinski definition) is 3. The van der Waals surface area contributed by atoms with Crippen molar-refractivity contribution < 1.29 is 14.4 Å². The summed E-state index contributed by atoms with van der Waals surface area (Å²) in [5.74, 6) is 4.03. The van der Waals surface area contributed by atoms with E-state index in [0.717, 1.165) is 11.4 Å². The van der Waals surface area contributed by atoms with E-state index >= 15 is 0 Å². The minimum atomic E-state index is -0.572. The molecule has 10 nitrogen and oxygen atoms in total. The van der Waals surface area contributed by atoms with Gasteiger partial charge < -0.3 is 0 Å². The molecule has 4 rings (SSSR count). The van der Waals surface area contributed by atoms with E-state index in [1.54, 1.807) is 60.7 Å². The molecule has 4 N–H and O–H groups in total. The lowest BCUT2D eigenvalue weighted by Gasteiger charge is -2.17. The number of carbonyl (C=O) groups is 3. The summed E-state index contributed by atoms with van der Waals surface area (Å²) in [4.78, 5) is 50.7. The Hall–Kier alpha value is -4.70. The molecule has 0 spiro atoms. The van der Waals surface area contributed by atoms with Crippen molar-refractivity contribution in [1.82, 2.24) is 15.0 Å². The number of rotatable bonds is 6. The van der Waals surface area contributed by atoms with Gasteiger partial charge in [-0.1, -0.05) is 60.7 Å². The summed E-state index contributed by atoms with van der Waals surface area (Å²) >= 11 is 0. The smallest absolute Gasteiger partial charge is 0.275 e. The highest BCUT2D eigenvalue weighted by atomic mass is 16.2. The van der Waals surface area contributed by atoms with Crippen molar-refractivity contribution in [3.8, 4) is 0 Å². The van der Waals surface area contributed by atoms with Crippen LogP contribution in [-0.2, 0) is 9.59 Å². The van der Waals surface area contributed by atoms with E-state index in [0.29, 0.717) is 29.6 Å². The van der Waals surface area contributed by atoms with E-state index in [4.69, 9.17) is 5.84 Å². The van der Waals surface area contributed by atoms with Crippen LogP contribution in [0.2, 0.25) is 0 Å². The molecule has 2 aliphatic carbocycles. The van der Waals surface area contributed by atoms with E-state index in [9.17, 15) is 14.4 Å². The van der Waals surface area contributed by atoms with Crippen LogP contribution in [-0.4, -0.2) is 32.7 Å². The zero-order valence-corrected chi connectivity index (χ0v) is 18.7. The number of amides is 3. The number of aromatic nitrogens is 3. The highest BCUT2D eigenvalue weighted by Gasteiger charge is 2.22. The Balaban J connectivity index is 1.64. The lowest BCUT2D eigenvalue weighted by molar-refractivity contribution is -0.115. The number of nitrogens with zero attached hydrogens (tertiary/aromatic N) is 4. The molecule has 0 fully saturated rings. The summed E-state index contributed by atoms with van der Waals surface area (Å²) in [6.45, 7) is 0. The second kappa shape index (κ2) is 10.9. The standard InChI is InChI=1S/C25H23N7O3/c26-32(22(35)19-15-5-1-2-6-16-19)25-30-23(27-20(33)17-11-7-3-8-12-17)29-24(31-25)28-21(34)18-13-9-4-10-14-18/h1,3-9,11-13,15-16H,2,10,14,26H2,(H2,27,28,29,30,31,33,34). The molecule has 1 aromatic carbocycles. The molecule has 0 saturated carbocycles. The summed E-state index contributed by atoms with van der Waals surface area (Å²) in [6.07, 6.45) is 16.2. The van der Waals surface area contributed by atoms with Crippen LogP contribution in [0.3, 0.4) is 0 Å². The molecule has 0 radical (unpaired) electrons. The molecule has 2 aromatic rings. The Morgan fingerprint density at radius 1 is 0.857 bits per heavy atom. The molecule has 0 atom stereocenters. The van der Waals surface area contributed by atoms with Crippen LogP contribution in [0.5, 0.6) is 0 Å². The third kappa shape index (κ3) is 6.01. The van der Waals surface area contributed by atoms with Crippen LogP contribution >= 0.6 is 0 Å². The van der Waals surface area contributed by atoms with Crippen LogP contribution in [0.1, 0.15) is 29.6 Å². The number of allylic oxidation sites excluding steroid dienone is 7. The van der Waals surface area contributed by atoms with Crippen LogP contribution in [0.15, 0.2) is 90.1 Å². The first-order chi connectivity index (χ1) is 17.0. The van der Waals surface area contributed by atoms with Crippen molar-refractivity contribution in [2.24, 2.45) is 5.84 Å². The van der Waals surface area contributed by atoms with Crippen molar-refractivity contribution >= 4 is 35.6 Å². The zero-order valence-electron chi connectivity index (χ0n) is 18.7. The highest BCUT2D eigenvalue weighted by Crippen LogP contribution is 2.18. The summed E-state index contributed by atoms with van der Waals surface area (Å²) in [5, 5.41) is 5.91. The average molecular weight is 470 g/mol. The number of nitrogens with one attached hydrogen (secondary N) is 2. The summed E-state index contributed by atoms with van der Waals surface area (Å²) in [7, 11) is 0. The molecule has 10 heteroatoms. The molecule has 0 saturated heterocycles.